The number of hydrogen-bond acceptors (Lipinski definition) is 2. The van der Waals surface area contributed by atoms with Gasteiger partial charge in [-0.2, -0.15) is 13.2 Å². The molecule has 1 rings (SSSR count). The van der Waals surface area contributed by atoms with E-state index in [0.29, 0.717) is 18.4 Å². The van der Waals surface area contributed by atoms with Crippen LogP contribution in [0.4, 0.5) is 17.6 Å². The number of halogens is 4. The van der Waals surface area contributed by atoms with Crippen molar-refractivity contribution < 1.29 is 22.7 Å². The van der Waals surface area contributed by atoms with E-state index >= 15 is 0 Å². The van der Waals surface area contributed by atoms with Gasteiger partial charge in [-0.05, 0) is 36.5 Å². The lowest BCUT2D eigenvalue weighted by Gasteiger charge is -2.20. The van der Waals surface area contributed by atoms with Gasteiger partial charge in [-0.25, -0.2) is 4.39 Å². The number of rotatable bonds is 5. The molecule has 0 saturated heterocycles. The fourth-order valence-corrected chi connectivity index (χ4v) is 1.87. The number of alkyl halides is 3. The molecule has 0 aromatic heterocycles. The van der Waals surface area contributed by atoms with Gasteiger partial charge in [0.2, 0.25) is 0 Å². The number of hydrogen-bond donors (Lipinski definition) is 2. The summed E-state index contributed by atoms with van der Waals surface area (Å²) >= 11 is 0. The van der Waals surface area contributed by atoms with Crippen molar-refractivity contribution in [2.75, 3.05) is 0 Å². The lowest BCUT2D eigenvalue weighted by molar-refractivity contribution is -0.140. The first-order valence-corrected chi connectivity index (χ1v) is 6.43. The maximum absolute atomic E-state index is 13.4. The molecule has 20 heavy (non-hydrogen) atoms. The van der Waals surface area contributed by atoms with Crippen LogP contribution in [0.25, 0.3) is 0 Å². The van der Waals surface area contributed by atoms with Gasteiger partial charge in [-0.1, -0.05) is 19.9 Å². The summed E-state index contributed by atoms with van der Waals surface area (Å²) in [6.45, 7) is 3.96. The number of nitrogens with two attached hydrogens (primary N) is 1. The Bertz CT molecular complexity index is 445. The first-order valence-electron chi connectivity index (χ1n) is 6.43. The van der Waals surface area contributed by atoms with E-state index in [1.807, 2.05) is 13.8 Å². The van der Waals surface area contributed by atoms with E-state index in [0.717, 1.165) is 18.6 Å². The number of benzene rings is 1. The van der Waals surface area contributed by atoms with Gasteiger partial charge in [0.05, 0.1) is 17.7 Å². The molecule has 0 saturated carbocycles. The Morgan fingerprint density at radius 2 is 1.80 bits per heavy atom. The van der Waals surface area contributed by atoms with Crippen LogP contribution < -0.4 is 5.73 Å². The molecule has 6 heteroatoms. The van der Waals surface area contributed by atoms with Crippen molar-refractivity contribution in [2.45, 2.75) is 45.0 Å². The van der Waals surface area contributed by atoms with E-state index in [4.69, 9.17) is 5.73 Å². The Balaban J connectivity index is 2.84. The molecule has 0 radical (unpaired) electrons. The second kappa shape index (κ2) is 6.54. The Hall–Kier alpha value is -1.14. The van der Waals surface area contributed by atoms with Gasteiger partial charge in [0.15, 0.2) is 0 Å². The van der Waals surface area contributed by atoms with Crippen molar-refractivity contribution in [1.29, 1.82) is 0 Å². The predicted molar refractivity (Wildman–Crippen MR) is 68.4 cm³/mol. The van der Waals surface area contributed by atoms with E-state index in [1.165, 1.54) is 0 Å². The quantitative estimate of drug-likeness (QED) is 0.814. The van der Waals surface area contributed by atoms with Gasteiger partial charge in [-0.15, -0.1) is 0 Å². The molecule has 114 valence electrons. The molecule has 0 fully saturated rings. The topological polar surface area (TPSA) is 46.2 Å². The fraction of sp³-hybridized carbons (Fsp3) is 0.571. The molecule has 0 spiro atoms. The van der Waals surface area contributed by atoms with Crippen LogP contribution in [0, 0.1) is 11.7 Å². The summed E-state index contributed by atoms with van der Waals surface area (Å²) in [5, 5.41) is 9.87. The van der Waals surface area contributed by atoms with Gasteiger partial charge in [0, 0.05) is 0 Å². The SMILES string of the molecule is CC(C)CC[C@H](O)[C@H](N)c1ccc(C(F)(F)F)c(F)c1. The zero-order valence-electron chi connectivity index (χ0n) is 11.4. The summed E-state index contributed by atoms with van der Waals surface area (Å²) < 4.78 is 50.7. The first kappa shape index (κ1) is 16.9. The van der Waals surface area contributed by atoms with Gasteiger partial charge in [-0.3, -0.25) is 0 Å². The number of aliphatic hydroxyl groups is 1. The molecule has 0 heterocycles. The average Bonchev–Trinajstić information content (AvgIpc) is 2.33. The summed E-state index contributed by atoms with van der Waals surface area (Å²) in [5.41, 5.74) is 4.59. The predicted octanol–water partition coefficient (Wildman–Crippen LogP) is 3.64. The van der Waals surface area contributed by atoms with Crippen molar-refractivity contribution in [3.05, 3.63) is 35.1 Å². The van der Waals surface area contributed by atoms with Crippen LogP contribution in [0.2, 0.25) is 0 Å². The Morgan fingerprint density at radius 1 is 1.20 bits per heavy atom. The monoisotopic (exact) mass is 293 g/mol. The lowest BCUT2D eigenvalue weighted by Crippen LogP contribution is -2.27. The third-order valence-electron chi connectivity index (χ3n) is 3.14. The minimum absolute atomic E-state index is 0.159. The van der Waals surface area contributed by atoms with Gasteiger partial charge < -0.3 is 10.8 Å². The molecule has 1 aromatic rings. The Labute approximate surface area is 115 Å². The van der Waals surface area contributed by atoms with Crippen molar-refractivity contribution in [2.24, 2.45) is 11.7 Å². The highest BCUT2D eigenvalue weighted by atomic mass is 19.4. The van der Waals surface area contributed by atoms with Crippen LogP contribution in [0.15, 0.2) is 18.2 Å². The molecule has 0 amide bonds. The van der Waals surface area contributed by atoms with E-state index in [-0.39, 0.29) is 5.56 Å². The average molecular weight is 293 g/mol. The molecular formula is C14H19F4NO. The Kier molecular flexibility index (Phi) is 5.53. The maximum atomic E-state index is 13.4. The van der Waals surface area contributed by atoms with Crippen LogP contribution in [0.5, 0.6) is 0 Å². The highest BCUT2D eigenvalue weighted by Crippen LogP contribution is 2.32. The standard InChI is InChI=1S/C14H19F4NO/c1-8(2)3-6-12(20)13(19)9-4-5-10(11(15)7-9)14(16,17)18/h4-5,7-8,12-13,20H,3,6,19H2,1-2H3/t12-,13+/m0/s1. The van der Waals surface area contributed by atoms with Crippen molar-refractivity contribution in [3.8, 4) is 0 Å². The largest absolute Gasteiger partial charge is 0.419 e. The molecular weight excluding hydrogens is 274 g/mol. The first-order chi connectivity index (χ1) is 9.12. The summed E-state index contributed by atoms with van der Waals surface area (Å²) in [6, 6.07) is 1.60. The lowest BCUT2D eigenvalue weighted by atomic mass is 9.95. The zero-order valence-corrected chi connectivity index (χ0v) is 11.4. The van der Waals surface area contributed by atoms with Gasteiger partial charge >= 0.3 is 6.18 Å². The molecule has 1 aromatic carbocycles. The van der Waals surface area contributed by atoms with Crippen LogP contribution in [-0.4, -0.2) is 11.2 Å². The van der Waals surface area contributed by atoms with Crippen LogP contribution in [0.3, 0.4) is 0 Å². The van der Waals surface area contributed by atoms with E-state index < -0.39 is 29.7 Å². The number of aliphatic hydroxyl groups excluding tert-OH is 1. The molecule has 0 unspecified atom stereocenters. The second-order valence-corrected chi connectivity index (χ2v) is 5.30. The van der Waals surface area contributed by atoms with Crippen LogP contribution in [0.1, 0.15) is 43.9 Å². The minimum atomic E-state index is -4.73. The molecule has 0 bridgehead atoms. The zero-order chi connectivity index (χ0) is 15.5. The summed E-state index contributed by atoms with van der Waals surface area (Å²) in [6.07, 6.45) is -4.49. The maximum Gasteiger partial charge on any atom is 0.419 e. The van der Waals surface area contributed by atoms with Gasteiger partial charge in [0.25, 0.3) is 0 Å². The normalized spacial score (nSPS) is 15.4. The summed E-state index contributed by atoms with van der Waals surface area (Å²) in [5.74, 6) is -0.997. The van der Waals surface area contributed by atoms with Crippen LogP contribution >= 0.6 is 0 Å². The van der Waals surface area contributed by atoms with E-state index in [2.05, 4.69) is 0 Å². The third-order valence-corrected chi connectivity index (χ3v) is 3.14. The van der Waals surface area contributed by atoms with E-state index in [1.54, 1.807) is 0 Å². The smallest absolute Gasteiger partial charge is 0.391 e. The Morgan fingerprint density at radius 3 is 2.25 bits per heavy atom. The summed E-state index contributed by atoms with van der Waals surface area (Å²) in [7, 11) is 0. The van der Waals surface area contributed by atoms with Crippen molar-refractivity contribution >= 4 is 0 Å². The molecule has 2 nitrogen and oxygen atoms in total. The fourth-order valence-electron chi connectivity index (χ4n) is 1.87. The third kappa shape index (κ3) is 4.45. The van der Waals surface area contributed by atoms with Crippen LogP contribution in [-0.2, 0) is 6.18 Å². The van der Waals surface area contributed by atoms with Crippen molar-refractivity contribution in [3.63, 3.8) is 0 Å². The highest BCUT2D eigenvalue weighted by molar-refractivity contribution is 5.28. The molecule has 2 atom stereocenters. The van der Waals surface area contributed by atoms with Gasteiger partial charge in [0.1, 0.15) is 5.82 Å². The highest BCUT2D eigenvalue weighted by Gasteiger charge is 2.34. The second-order valence-electron chi connectivity index (χ2n) is 5.30. The molecule has 3 N–H and O–H groups in total. The van der Waals surface area contributed by atoms with E-state index in [9.17, 15) is 22.7 Å². The molecule has 0 aliphatic carbocycles. The minimum Gasteiger partial charge on any atom is -0.391 e. The van der Waals surface area contributed by atoms with Crippen molar-refractivity contribution in [1.82, 2.24) is 0 Å². The summed E-state index contributed by atoms with van der Waals surface area (Å²) in [4.78, 5) is 0. The molecule has 0 aliphatic heterocycles. The molecule has 0 aliphatic rings.